The van der Waals surface area contributed by atoms with E-state index in [-0.39, 0.29) is 11.4 Å². The van der Waals surface area contributed by atoms with Crippen LogP contribution in [0.4, 0.5) is 0 Å². The van der Waals surface area contributed by atoms with Crippen LogP contribution in [0, 0.1) is 5.41 Å². The molecule has 0 amide bonds. The zero-order valence-corrected chi connectivity index (χ0v) is 10.5. The molecule has 0 spiro atoms. The SMILES string of the molecule is CCOC(=O)C1(Cc2cccs2)CCCC1. The topological polar surface area (TPSA) is 26.3 Å². The molecule has 0 aromatic carbocycles. The van der Waals surface area contributed by atoms with E-state index in [9.17, 15) is 4.79 Å². The third-order valence-electron chi connectivity index (χ3n) is 3.36. The fraction of sp³-hybridized carbons (Fsp3) is 0.615. The number of hydrogen-bond acceptors (Lipinski definition) is 3. The van der Waals surface area contributed by atoms with Gasteiger partial charge in [0.1, 0.15) is 0 Å². The van der Waals surface area contributed by atoms with Crippen molar-refractivity contribution >= 4 is 17.3 Å². The predicted molar refractivity (Wildman–Crippen MR) is 65.6 cm³/mol. The van der Waals surface area contributed by atoms with E-state index in [0.29, 0.717) is 6.61 Å². The van der Waals surface area contributed by atoms with Gasteiger partial charge in [-0.3, -0.25) is 4.79 Å². The summed E-state index contributed by atoms with van der Waals surface area (Å²) in [6.07, 6.45) is 5.16. The molecule has 1 aromatic heterocycles. The molecule has 2 nitrogen and oxygen atoms in total. The largest absolute Gasteiger partial charge is 0.466 e. The van der Waals surface area contributed by atoms with Crippen molar-refractivity contribution < 1.29 is 9.53 Å². The van der Waals surface area contributed by atoms with Crippen molar-refractivity contribution in [2.24, 2.45) is 5.41 Å². The van der Waals surface area contributed by atoms with Gasteiger partial charge >= 0.3 is 5.97 Å². The molecule has 1 saturated carbocycles. The monoisotopic (exact) mass is 238 g/mol. The first kappa shape index (κ1) is 11.6. The lowest BCUT2D eigenvalue weighted by molar-refractivity contribution is -0.155. The normalized spacial score (nSPS) is 18.6. The molecular weight excluding hydrogens is 220 g/mol. The molecule has 1 fully saturated rings. The summed E-state index contributed by atoms with van der Waals surface area (Å²) in [7, 11) is 0. The van der Waals surface area contributed by atoms with E-state index >= 15 is 0 Å². The standard InChI is InChI=1S/C13H18O2S/c1-2-15-12(14)13(7-3-4-8-13)10-11-6-5-9-16-11/h5-6,9H,2-4,7-8,10H2,1H3. The number of rotatable bonds is 4. The molecular formula is C13H18O2S. The van der Waals surface area contributed by atoms with Gasteiger partial charge in [-0.2, -0.15) is 0 Å². The van der Waals surface area contributed by atoms with Gasteiger partial charge in [-0.05, 0) is 37.6 Å². The van der Waals surface area contributed by atoms with Crippen LogP contribution >= 0.6 is 11.3 Å². The maximum absolute atomic E-state index is 12.1. The number of carbonyl (C=O) groups is 1. The van der Waals surface area contributed by atoms with Gasteiger partial charge in [0.2, 0.25) is 0 Å². The van der Waals surface area contributed by atoms with Crippen LogP contribution in [0.25, 0.3) is 0 Å². The molecule has 0 aliphatic heterocycles. The number of esters is 1. The minimum absolute atomic E-state index is 0.0147. The molecule has 1 aromatic rings. The van der Waals surface area contributed by atoms with Gasteiger partial charge in [-0.25, -0.2) is 0 Å². The Morgan fingerprint density at radius 1 is 1.50 bits per heavy atom. The summed E-state index contributed by atoms with van der Waals surface area (Å²) < 4.78 is 5.24. The summed E-state index contributed by atoms with van der Waals surface area (Å²) in [6.45, 7) is 2.37. The smallest absolute Gasteiger partial charge is 0.312 e. The van der Waals surface area contributed by atoms with Crippen LogP contribution in [-0.2, 0) is 16.0 Å². The van der Waals surface area contributed by atoms with Gasteiger partial charge in [0.25, 0.3) is 0 Å². The summed E-state index contributed by atoms with van der Waals surface area (Å²) >= 11 is 1.74. The molecule has 3 heteroatoms. The second kappa shape index (κ2) is 5.00. The Hall–Kier alpha value is -0.830. The molecule has 0 atom stereocenters. The Morgan fingerprint density at radius 3 is 2.81 bits per heavy atom. The summed E-state index contributed by atoms with van der Waals surface area (Å²) in [4.78, 5) is 13.4. The van der Waals surface area contributed by atoms with Crippen molar-refractivity contribution in [3.63, 3.8) is 0 Å². The van der Waals surface area contributed by atoms with E-state index < -0.39 is 0 Å². The molecule has 0 unspecified atom stereocenters. The lowest BCUT2D eigenvalue weighted by atomic mass is 9.82. The number of ether oxygens (including phenoxy) is 1. The lowest BCUT2D eigenvalue weighted by Gasteiger charge is -2.25. The number of thiophene rings is 1. The Labute approximate surface area is 101 Å². The average molecular weight is 238 g/mol. The Balaban J connectivity index is 2.12. The highest BCUT2D eigenvalue weighted by Crippen LogP contribution is 2.42. The van der Waals surface area contributed by atoms with Gasteiger partial charge in [-0.15, -0.1) is 11.3 Å². The highest BCUT2D eigenvalue weighted by atomic mass is 32.1. The van der Waals surface area contributed by atoms with Crippen LogP contribution in [-0.4, -0.2) is 12.6 Å². The second-order valence-electron chi connectivity index (χ2n) is 4.46. The van der Waals surface area contributed by atoms with Gasteiger partial charge in [0.05, 0.1) is 12.0 Å². The Bertz CT molecular complexity index is 337. The van der Waals surface area contributed by atoms with E-state index in [0.717, 1.165) is 32.1 Å². The second-order valence-corrected chi connectivity index (χ2v) is 5.50. The fourth-order valence-corrected chi connectivity index (χ4v) is 3.38. The fourth-order valence-electron chi connectivity index (χ4n) is 2.54. The predicted octanol–water partition coefficient (Wildman–Crippen LogP) is 3.41. The van der Waals surface area contributed by atoms with E-state index in [2.05, 4.69) is 11.4 Å². The summed E-state index contributed by atoms with van der Waals surface area (Å²) in [5.41, 5.74) is -0.221. The molecule has 0 N–H and O–H groups in total. The zero-order valence-electron chi connectivity index (χ0n) is 9.70. The quantitative estimate of drug-likeness (QED) is 0.751. The minimum Gasteiger partial charge on any atom is -0.466 e. The molecule has 1 aliphatic rings. The van der Waals surface area contributed by atoms with E-state index in [1.165, 1.54) is 4.88 Å². The molecule has 0 saturated heterocycles. The first-order chi connectivity index (χ1) is 7.77. The van der Waals surface area contributed by atoms with Crippen molar-refractivity contribution in [1.82, 2.24) is 0 Å². The Morgan fingerprint density at radius 2 is 2.25 bits per heavy atom. The molecule has 0 bridgehead atoms. The molecule has 1 heterocycles. The molecule has 1 aliphatic carbocycles. The highest BCUT2D eigenvalue weighted by molar-refractivity contribution is 7.09. The lowest BCUT2D eigenvalue weighted by Crippen LogP contribution is -2.32. The average Bonchev–Trinajstić information content (AvgIpc) is 2.91. The third kappa shape index (κ3) is 2.29. The molecule has 88 valence electrons. The van der Waals surface area contributed by atoms with Crippen LogP contribution in [0.3, 0.4) is 0 Å². The molecule has 16 heavy (non-hydrogen) atoms. The van der Waals surface area contributed by atoms with E-state index in [4.69, 9.17) is 4.74 Å². The number of hydrogen-bond donors (Lipinski definition) is 0. The first-order valence-electron chi connectivity index (χ1n) is 5.96. The highest BCUT2D eigenvalue weighted by Gasteiger charge is 2.42. The van der Waals surface area contributed by atoms with Crippen molar-refractivity contribution in [3.05, 3.63) is 22.4 Å². The van der Waals surface area contributed by atoms with Crippen LogP contribution < -0.4 is 0 Å². The van der Waals surface area contributed by atoms with E-state index in [1.54, 1.807) is 11.3 Å². The summed E-state index contributed by atoms with van der Waals surface area (Å²) in [5, 5.41) is 2.07. The van der Waals surface area contributed by atoms with Crippen molar-refractivity contribution in [2.45, 2.75) is 39.0 Å². The van der Waals surface area contributed by atoms with Gasteiger partial charge < -0.3 is 4.74 Å². The van der Waals surface area contributed by atoms with E-state index in [1.807, 2.05) is 13.0 Å². The van der Waals surface area contributed by atoms with Crippen molar-refractivity contribution in [1.29, 1.82) is 0 Å². The molecule has 0 radical (unpaired) electrons. The van der Waals surface area contributed by atoms with Gasteiger partial charge in [0, 0.05) is 4.88 Å². The summed E-state index contributed by atoms with van der Waals surface area (Å²) in [6, 6.07) is 4.16. The Kier molecular flexibility index (Phi) is 3.64. The van der Waals surface area contributed by atoms with Crippen molar-refractivity contribution in [2.75, 3.05) is 6.61 Å². The van der Waals surface area contributed by atoms with Crippen LogP contribution in [0.5, 0.6) is 0 Å². The van der Waals surface area contributed by atoms with Gasteiger partial charge in [-0.1, -0.05) is 18.9 Å². The molecule has 2 rings (SSSR count). The van der Waals surface area contributed by atoms with Crippen molar-refractivity contribution in [3.8, 4) is 0 Å². The zero-order chi connectivity index (χ0) is 11.4. The van der Waals surface area contributed by atoms with Crippen LogP contribution in [0.15, 0.2) is 17.5 Å². The summed E-state index contributed by atoms with van der Waals surface area (Å²) in [5.74, 6) is 0.0147. The maximum Gasteiger partial charge on any atom is 0.312 e. The van der Waals surface area contributed by atoms with Gasteiger partial charge in [0.15, 0.2) is 0 Å². The number of carbonyl (C=O) groups excluding carboxylic acids is 1. The van der Waals surface area contributed by atoms with Crippen LogP contribution in [0.2, 0.25) is 0 Å². The van der Waals surface area contributed by atoms with Crippen LogP contribution in [0.1, 0.15) is 37.5 Å². The first-order valence-corrected chi connectivity index (χ1v) is 6.84. The third-order valence-corrected chi connectivity index (χ3v) is 4.24. The minimum atomic E-state index is -0.221. The maximum atomic E-state index is 12.1.